The van der Waals surface area contributed by atoms with E-state index in [0.29, 0.717) is 24.0 Å². The van der Waals surface area contributed by atoms with Gasteiger partial charge in [0.05, 0.1) is 19.2 Å². The molecule has 7 atom stereocenters. The van der Waals surface area contributed by atoms with Crippen LogP contribution in [0.1, 0.15) is 123 Å². The van der Waals surface area contributed by atoms with Crippen molar-refractivity contribution in [1.29, 1.82) is 0 Å². The molecule has 5 rings (SSSR count). The molecule has 3 heterocycles. The van der Waals surface area contributed by atoms with Crippen molar-refractivity contribution < 1.29 is 70.8 Å². The van der Waals surface area contributed by atoms with Crippen LogP contribution < -0.4 is 10.6 Å². The molecule has 3 aliphatic heterocycles. The first-order chi connectivity index (χ1) is 29.3. The van der Waals surface area contributed by atoms with Gasteiger partial charge in [0, 0.05) is 44.7 Å². The Labute approximate surface area is 360 Å². The van der Waals surface area contributed by atoms with Crippen LogP contribution in [0.3, 0.4) is 0 Å². The molecule has 4 fully saturated rings. The Morgan fingerprint density at radius 3 is 2.35 bits per heavy atom. The number of esters is 3. The summed E-state index contributed by atoms with van der Waals surface area (Å²) in [4.78, 5) is 72.7. The largest absolute Gasteiger partial charge is 0.460 e. The molecule has 2 amide bonds. The normalized spacial score (nSPS) is 25.8. The molecule has 1 saturated carbocycles. The highest BCUT2D eigenvalue weighted by Gasteiger charge is 2.76. The van der Waals surface area contributed by atoms with Crippen LogP contribution in [0.2, 0.25) is 0 Å². The first kappa shape index (κ1) is 48.9. The fourth-order valence-electron chi connectivity index (χ4n) is 8.69. The van der Waals surface area contributed by atoms with Crippen molar-refractivity contribution in [2.24, 2.45) is 5.41 Å². The van der Waals surface area contributed by atoms with Crippen LogP contribution >= 0.6 is 0 Å². The fourth-order valence-corrected chi connectivity index (χ4v) is 8.69. The molecule has 18 heteroatoms. The number of hydrogen-bond acceptors (Lipinski definition) is 13. The highest BCUT2D eigenvalue weighted by atomic mass is 19.4. The lowest BCUT2D eigenvalue weighted by atomic mass is 9.62. The van der Waals surface area contributed by atoms with Gasteiger partial charge in [-0.2, -0.15) is 18.2 Å². The zero-order valence-electron chi connectivity index (χ0n) is 36.3. The standard InChI is InChI=1S/C44H62F3N3O12/c1-6-8-10-20-42(21-11-9-7-2)60-35-31-24-43(40(56)48-22-19-32(52)49-30(26-51)16-18-34(54)59-41(3,4)5)37(39(55)58-31)50(62-38(43)36(35)61-42)25-29-14-12-13-28(23-29)15-17-33(53)57-27-44(45,46)47/h12-15,17,23,30-31,35-38,51H,6-11,16,18-22,24-27H2,1-5H3,(H,48,56)(H,49,52). The third kappa shape index (κ3) is 12.5. The monoisotopic (exact) mass is 881 g/mol. The van der Waals surface area contributed by atoms with Gasteiger partial charge in [0.1, 0.15) is 35.4 Å². The van der Waals surface area contributed by atoms with Crippen molar-refractivity contribution in [3.8, 4) is 0 Å². The molecular weight excluding hydrogens is 819 g/mol. The number of alkyl halides is 3. The number of rotatable bonds is 22. The molecule has 15 nitrogen and oxygen atoms in total. The maximum atomic E-state index is 14.7. The predicted molar refractivity (Wildman–Crippen MR) is 216 cm³/mol. The highest BCUT2D eigenvalue weighted by molar-refractivity contribution is 5.94. The smallest absolute Gasteiger partial charge is 0.422 e. The van der Waals surface area contributed by atoms with Crippen LogP contribution in [0.4, 0.5) is 13.2 Å². The maximum Gasteiger partial charge on any atom is 0.422 e. The quantitative estimate of drug-likeness (QED) is 0.0586. The van der Waals surface area contributed by atoms with Gasteiger partial charge in [-0.3, -0.25) is 24.0 Å². The number of ether oxygens (including phenoxy) is 5. The van der Waals surface area contributed by atoms with E-state index in [-0.39, 0.29) is 38.8 Å². The van der Waals surface area contributed by atoms with Gasteiger partial charge < -0.3 is 39.4 Å². The second kappa shape index (κ2) is 21.1. The van der Waals surface area contributed by atoms with Crippen LogP contribution in [-0.4, -0.2) is 114 Å². The van der Waals surface area contributed by atoms with Gasteiger partial charge in [-0.25, -0.2) is 4.79 Å². The number of nitrogens with one attached hydrogen (secondary N) is 2. The average Bonchev–Trinajstić information content (AvgIpc) is 3.75. The fraction of sp³-hybridized carbons (Fsp3) is 0.705. The second-order valence-electron chi connectivity index (χ2n) is 17.6. The molecule has 2 bridgehead atoms. The van der Waals surface area contributed by atoms with E-state index in [0.717, 1.165) is 44.6 Å². The molecule has 0 spiro atoms. The molecule has 1 aromatic carbocycles. The van der Waals surface area contributed by atoms with Crippen molar-refractivity contribution in [3.63, 3.8) is 0 Å². The molecule has 62 heavy (non-hydrogen) atoms. The molecule has 1 aliphatic carbocycles. The minimum atomic E-state index is -4.67. The van der Waals surface area contributed by atoms with Gasteiger partial charge in [-0.05, 0) is 57.2 Å². The predicted octanol–water partition coefficient (Wildman–Crippen LogP) is 5.35. The Morgan fingerprint density at radius 2 is 1.71 bits per heavy atom. The summed E-state index contributed by atoms with van der Waals surface area (Å²) in [6.07, 6.45) is 0.876. The summed E-state index contributed by atoms with van der Waals surface area (Å²) in [6, 6.07) is 4.69. The van der Waals surface area contributed by atoms with Gasteiger partial charge in [0.25, 0.3) is 0 Å². The Balaban J connectivity index is 1.36. The summed E-state index contributed by atoms with van der Waals surface area (Å²) in [7, 11) is 0. The van der Waals surface area contributed by atoms with Crippen molar-refractivity contribution in [2.45, 2.75) is 172 Å². The maximum absolute atomic E-state index is 14.7. The number of nitrogens with zero attached hydrogens (tertiary/aromatic N) is 1. The molecular formula is C44H62F3N3O12. The lowest BCUT2D eigenvalue weighted by Crippen LogP contribution is -2.69. The van der Waals surface area contributed by atoms with Gasteiger partial charge in [-0.15, -0.1) is 0 Å². The van der Waals surface area contributed by atoms with E-state index in [1.54, 1.807) is 45.0 Å². The molecule has 346 valence electrons. The zero-order chi connectivity index (χ0) is 45.3. The minimum Gasteiger partial charge on any atom is -0.460 e. The first-order valence-corrected chi connectivity index (χ1v) is 21.7. The van der Waals surface area contributed by atoms with E-state index in [1.165, 1.54) is 11.1 Å². The molecule has 3 saturated heterocycles. The van der Waals surface area contributed by atoms with Crippen LogP contribution in [0.15, 0.2) is 30.3 Å². The summed E-state index contributed by atoms with van der Waals surface area (Å²) < 4.78 is 67.0. The van der Waals surface area contributed by atoms with E-state index in [4.69, 9.17) is 23.8 Å². The number of amides is 2. The van der Waals surface area contributed by atoms with Crippen molar-refractivity contribution in [3.05, 3.63) is 41.5 Å². The lowest BCUT2D eigenvalue weighted by Gasteiger charge is -2.48. The van der Waals surface area contributed by atoms with Crippen LogP contribution in [0.5, 0.6) is 0 Å². The average molecular weight is 882 g/mol. The van der Waals surface area contributed by atoms with Crippen molar-refractivity contribution in [1.82, 2.24) is 15.7 Å². The number of unbranched alkanes of at least 4 members (excludes halogenated alkanes) is 4. The highest BCUT2D eigenvalue weighted by Crippen LogP contribution is 2.58. The van der Waals surface area contributed by atoms with Gasteiger partial charge in [0.2, 0.25) is 11.8 Å². The summed E-state index contributed by atoms with van der Waals surface area (Å²) in [5.41, 5.74) is -1.19. The topological polar surface area (TPSA) is 188 Å². The number of fused-ring (bicyclic) bond motifs is 4. The SMILES string of the molecule is CCCCCC1(CCCCC)OC2C3CC4(C(=O)NCCC(=O)NC(CO)CCC(=O)OC(C)(C)C)C(ON(Cc5cccc(C=CC(=O)OCC(F)(F)F)c5)C4C(=O)O3)C2O1. The van der Waals surface area contributed by atoms with E-state index >= 15 is 0 Å². The number of hydroxylamine groups is 2. The molecule has 0 radical (unpaired) electrons. The minimum absolute atomic E-state index is 0.0218. The van der Waals surface area contributed by atoms with Gasteiger partial charge >= 0.3 is 24.1 Å². The number of aliphatic hydroxyl groups excluding tert-OH is 1. The number of carbonyl (C=O) groups excluding carboxylic acids is 5. The Bertz CT molecular complexity index is 1760. The molecule has 4 aliphatic rings. The first-order valence-electron chi connectivity index (χ1n) is 21.7. The summed E-state index contributed by atoms with van der Waals surface area (Å²) in [6.45, 7) is 7.12. The Morgan fingerprint density at radius 1 is 1.02 bits per heavy atom. The summed E-state index contributed by atoms with van der Waals surface area (Å²) >= 11 is 0. The van der Waals surface area contributed by atoms with Crippen LogP contribution in [0.25, 0.3) is 6.08 Å². The number of halogens is 3. The van der Waals surface area contributed by atoms with Crippen molar-refractivity contribution >= 4 is 35.8 Å². The Hall–Kier alpha value is -4.10. The number of benzene rings is 1. The lowest BCUT2D eigenvalue weighted by molar-refractivity contribution is -0.224. The number of hydrogen-bond donors (Lipinski definition) is 3. The number of carbonyl (C=O) groups is 5. The van der Waals surface area contributed by atoms with Crippen LogP contribution in [-0.2, 0) is 59.0 Å². The van der Waals surface area contributed by atoms with Crippen LogP contribution in [0, 0.1) is 5.41 Å². The molecule has 1 aromatic rings. The summed E-state index contributed by atoms with van der Waals surface area (Å²) in [5.74, 6) is -4.35. The zero-order valence-corrected chi connectivity index (χ0v) is 36.3. The molecule has 7 unspecified atom stereocenters. The van der Waals surface area contributed by atoms with Crippen molar-refractivity contribution in [2.75, 3.05) is 19.8 Å². The van der Waals surface area contributed by atoms with E-state index < -0.39 is 102 Å². The third-order valence-electron chi connectivity index (χ3n) is 11.4. The van der Waals surface area contributed by atoms with Gasteiger partial charge in [0.15, 0.2) is 18.4 Å². The van der Waals surface area contributed by atoms with E-state index in [1.807, 2.05) is 0 Å². The van der Waals surface area contributed by atoms with E-state index in [2.05, 4.69) is 29.2 Å². The summed E-state index contributed by atoms with van der Waals surface area (Å²) in [5, 5.41) is 16.8. The second-order valence-corrected chi connectivity index (χ2v) is 17.6. The van der Waals surface area contributed by atoms with Gasteiger partial charge in [-0.1, -0.05) is 63.8 Å². The van der Waals surface area contributed by atoms with E-state index in [9.17, 15) is 42.3 Å². The number of aliphatic hydroxyl groups is 1. The molecule has 3 N–H and O–H groups in total. The Kier molecular flexibility index (Phi) is 16.6. The third-order valence-corrected chi connectivity index (χ3v) is 11.4. The molecule has 0 aromatic heterocycles.